The molecule has 2 fully saturated rings. The molecule has 4 aromatic carbocycles. The van der Waals surface area contributed by atoms with E-state index >= 15 is 0 Å². The Morgan fingerprint density at radius 2 is 0.925 bits per heavy atom. The number of anilines is 2. The molecule has 0 bridgehead atoms. The number of aromatic amines is 2. The van der Waals surface area contributed by atoms with Crippen molar-refractivity contribution >= 4 is 33.2 Å². The fourth-order valence-corrected chi connectivity index (χ4v) is 7.90. The number of aryl methyl sites for hydroxylation is 5. The molecule has 8 nitrogen and oxygen atoms in total. The van der Waals surface area contributed by atoms with Gasteiger partial charge in [-0.3, -0.25) is 19.4 Å². The molecule has 2 aliphatic rings. The molecule has 2 aliphatic heterocycles. The van der Waals surface area contributed by atoms with Gasteiger partial charge < -0.3 is 19.8 Å². The van der Waals surface area contributed by atoms with Crippen LogP contribution in [0.2, 0.25) is 0 Å². The van der Waals surface area contributed by atoms with Gasteiger partial charge in [0.25, 0.3) is 0 Å². The van der Waals surface area contributed by atoms with E-state index in [9.17, 15) is 9.59 Å². The topological polar surface area (TPSA) is 78.7 Å². The largest absolute Gasteiger partial charge is 0.369 e. The van der Waals surface area contributed by atoms with Gasteiger partial charge in [0.05, 0.1) is 11.0 Å². The Hall–Kier alpha value is -5.18. The van der Waals surface area contributed by atoms with Gasteiger partial charge in [-0.2, -0.15) is 0 Å². The summed E-state index contributed by atoms with van der Waals surface area (Å²) in [7, 11) is 0. The van der Waals surface area contributed by atoms with Crippen LogP contribution in [0, 0.1) is 34.6 Å². The van der Waals surface area contributed by atoms with E-state index in [1.54, 1.807) is 0 Å². The first kappa shape index (κ1) is 36.2. The fourth-order valence-electron chi connectivity index (χ4n) is 7.90. The lowest BCUT2D eigenvalue weighted by molar-refractivity contribution is 0.248. The quantitative estimate of drug-likeness (QED) is 0.190. The van der Waals surface area contributed by atoms with Crippen LogP contribution in [0.4, 0.5) is 11.4 Å². The highest BCUT2D eigenvalue weighted by Gasteiger charge is 2.22. The molecular formula is C45H52N6O2. The first-order chi connectivity index (χ1) is 25.7. The third-order valence-electron chi connectivity index (χ3n) is 11.2. The van der Waals surface area contributed by atoms with Crippen LogP contribution in [0.15, 0.2) is 101 Å². The zero-order valence-electron chi connectivity index (χ0n) is 31.8. The molecule has 0 saturated carbocycles. The second-order valence-corrected chi connectivity index (χ2v) is 14.8. The number of nitrogens with one attached hydrogen (secondary N) is 2. The van der Waals surface area contributed by atoms with Crippen LogP contribution >= 0.6 is 0 Å². The number of pyridine rings is 2. The molecule has 6 aromatic rings. The molecule has 0 radical (unpaired) electrons. The number of aromatic nitrogens is 2. The third kappa shape index (κ3) is 7.80. The molecule has 0 unspecified atom stereocenters. The van der Waals surface area contributed by atoms with Gasteiger partial charge in [-0.05, 0) is 81.6 Å². The number of H-pyrrole nitrogens is 2. The molecule has 0 amide bonds. The molecule has 0 spiro atoms. The van der Waals surface area contributed by atoms with Crippen molar-refractivity contribution in [1.82, 2.24) is 19.8 Å². The Bertz CT molecular complexity index is 2320. The molecule has 53 heavy (non-hydrogen) atoms. The standard InChI is InChI=1S/C23H27N3O.C22H25N3O/c1-16-9-10-17(2)22-21(16)23(27)20(18(3)24-22)15-25-11-13-26(14-12-25)19-7-5-4-6-8-19;1-16-7-6-10-19-21(16)23-17(2)20(22(19)26)15-24-11-13-25(14-12-24)18-8-4-3-5-9-18/h4-10H,11-15H2,1-3H3,(H,24,27);3-10H,11-15H2,1-2H3,(H,23,26). The number of hydrogen-bond acceptors (Lipinski definition) is 6. The van der Waals surface area contributed by atoms with Gasteiger partial charge in [0.2, 0.25) is 0 Å². The van der Waals surface area contributed by atoms with Gasteiger partial charge in [0.1, 0.15) is 0 Å². The summed E-state index contributed by atoms with van der Waals surface area (Å²) in [4.78, 5) is 42.8. The molecule has 274 valence electrons. The predicted molar refractivity (Wildman–Crippen MR) is 221 cm³/mol. The Morgan fingerprint density at radius 3 is 1.45 bits per heavy atom. The number of fused-ring (bicyclic) bond motifs is 2. The summed E-state index contributed by atoms with van der Waals surface area (Å²) in [6.07, 6.45) is 0. The SMILES string of the molecule is Cc1[nH]c2c(C)ccc(C)c2c(=O)c1CN1CCN(c2ccccc2)CC1.Cc1[nH]c2c(C)cccc2c(=O)c1CN1CCN(c2ccccc2)CC1. The second kappa shape index (κ2) is 15.8. The van der Waals surface area contributed by atoms with E-state index in [0.29, 0.717) is 13.1 Å². The zero-order chi connectivity index (χ0) is 37.1. The van der Waals surface area contributed by atoms with Crippen LogP contribution in [0.1, 0.15) is 39.2 Å². The van der Waals surface area contributed by atoms with Crippen molar-refractivity contribution < 1.29 is 0 Å². The number of para-hydroxylation sites is 3. The van der Waals surface area contributed by atoms with Crippen LogP contribution < -0.4 is 20.7 Å². The fraction of sp³-hybridized carbons (Fsp3) is 0.333. The van der Waals surface area contributed by atoms with Gasteiger partial charge in [-0.15, -0.1) is 0 Å². The maximum atomic E-state index is 13.2. The Morgan fingerprint density at radius 1 is 0.472 bits per heavy atom. The molecule has 0 atom stereocenters. The second-order valence-electron chi connectivity index (χ2n) is 14.8. The normalized spacial score (nSPS) is 15.5. The summed E-state index contributed by atoms with van der Waals surface area (Å²) in [6, 6.07) is 31.2. The molecule has 2 N–H and O–H groups in total. The van der Waals surface area contributed by atoms with Crippen LogP contribution in [-0.2, 0) is 13.1 Å². The van der Waals surface area contributed by atoms with E-state index in [1.807, 2.05) is 52.0 Å². The van der Waals surface area contributed by atoms with Crippen LogP contribution in [-0.4, -0.2) is 72.1 Å². The van der Waals surface area contributed by atoms with Crippen molar-refractivity contribution in [2.45, 2.75) is 47.7 Å². The van der Waals surface area contributed by atoms with E-state index in [0.717, 1.165) is 113 Å². The molecule has 8 rings (SSSR count). The Labute approximate surface area is 312 Å². The van der Waals surface area contributed by atoms with Crippen molar-refractivity contribution in [3.05, 3.63) is 151 Å². The smallest absolute Gasteiger partial charge is 0.194 e. The van der Waals surface area contributed by atoms with E-state index in [4.69, 9.17) is 0 Å². The van der Waals surface area contributed by atoms with Crippen molar-refractivity contribution in [2.75, 3.05) is 62.2 Å². The highest BCUT2D eigenvalue weighted by molar-refractivity contribution is 5.85. The lowest BCUT2D eigenvalue weighted by atomic mass is 10.0. The number of hydrogen-bond donors (Lipinski definition) is 2. The molecule has 8 heteroatoms. The lowest BCUT2D eigenvalue weighted by Gasteiger charge is -2.36. The first-order valence-corrected chi connectivity index (χ1v) is 19.0. The lowest BCUT2D eigenvalue weighted by Crippen LogP contribution is -2.46. The summed E-state index contributed by atoms with van der Waals surface area (Å²) in [5, 5.41) is 1.65. The minimum atomic E-state index is 0.172. The maximum Gasteiger partial charge on any atom is 0.194 e. The molecule has 4 heterocycles. The van der Waals surface area contributed by atoms with Crippen molar-refractivity contribution in [1.29, 1.82) is 0 Å². The number of nitrogens with zero attached hydrogens (tertiary/aromatic N) is 4. The highest BCUT2D eigenvalue weighted by atomic mass is 16.1. The van der Waals surface area contributed by atoms with Gasteiger partial charge in [0.15, 0.2) is 10.9 Å². The van der Waals surface area contributed by atoms with Crippen LogP contribution in [0.25, 0.3) is 21.8 Å². The zero-order valence-corrected chi connectivity index (χ0v) is 31.8. The van der Waals surface area contributed by atoms with Crippen molar-refractivity contribution in [2.24, 2.45) is 0 Å². The van der Waals surface area contributed by atoms with E-state index < -0.39 is 0 Å². The van der Waals surface area contributed by atoms with E-state index in [1.165, 1.54) is 11.4 Å². The average Bonchev–Trinajstić information content (AvgIpc) is 3.18. The van der Waals surface area contributed by atoms with Gasteiger partial charge in [-0.25, -0.2) is 0 Å². The molecule has 2 saturated heterocycles. The minimum Gasteiger partial charge on any atom is -0.369 e. The summed E-state index contributed by atoms with van der Waals surface area (Å²) in [5.74, 6) is 0. The summed E-state index contributed by atoms with van der Waals surface area (Å²) in [6.45, 7) is 19.5. The Kier molecular flexibility index (Phi) is 10.8. The van der Waals surface area contributed by atoms with Gasteiger partial charge in [0, 0.05) is 110 Å². The van der Waals surface area contributed by atoms with E-state index in [2.05, 4.69) is 103 Å². The average molecular weight is 709 g/mol. The minimum absolute atomic E-state index is 0.172. The summed E-state index contributed by atoms with van der Waals surface area (Å²) < 4.78 is 0. The molecule has 0 aliphatic carbocycles. The molecule has 2 aromatic heterocycles. The predicted octanol–water partition coefficient (Wildman–Crippen LogP) is 7.24. The van der Waals surface area contributed by atoms with E-state index in [-0.39, 0.29) is 10.9 Å². The number of piperazine rings is 2. The van der Waals surface area contributed by atoms with Crippen molar-refractivity contribution in [3.63, 3.8) is 0 Å². The summed E-state index contributed by atoms with van der Waals surface area (Å²) in [5.41, 5.74) is 11.9. The monoisotopic (exact) mass is 708 g/mol. The first-order valence-electron chi connectivity index (χ1n) is 19.0. The Balaban J connectivity index is 0.000000164. The van der Waals surface area contributed by atoms with Gasteiger partial charge in [-0.1, -0.05) is 60.7 Å². The third-order valence-corrected chi connectivity index (χ3v) is 11.2. The van der Waals surface area contributed by atoms with Gasteiger partial charge >= 0.3 is 0 Å². The highest BCUT2D eigenvalue weighted by Crippen LogP contribution is 2.22. The van der Waals surface area contributed by atoms with Crippen LogP contribution in [0.5, 0.6) is 0 Å². The maximum absolute atomic E-state index is 13.2. The van der Waals surface area contributed by atoms with Crippen molar-refractivity contribution in [3.8, 4) is 0 Å². The summed E-state index contributed by atoms with van der Waals surface area (Å²) >= 11 is 0. The number of rotatable bonds is 6. The number of benzene rings is 4. The van der Waals surface area contributed by atoms with Crippen LogP contribution in [0.3, 0.4) is 0 Å². The molecular weight excluding hydrogens is 657 g/mol.